The van der Waals surface area contributed by atoms with Gasteiger partial charge in [-0.2, -0.15) is 0 Å². The van der Waals surface area contributed by atoms with Gasteiger partial charge in [0.2, 0.25) is 0 Å². The first-order valence-corrected chi connectivity index (χ1v) is 10.6. The van der Waals surface area contributed by atoms with Gasteiger partial charge in [-0.25, -0.2) is 9.37 Å². The Balaban J connectivity index is 1.55. The first kappa shape index (κ1) is 21.7. The Morgan fingerprint density at radius 3 is 2.81 bits per heavy atom. The monoisotopic (exact) mass is 437 g/mol. The van der Waals surface area contributed by atoms with Crippen molar-refractivity contribution in [3.63, 3.8) is 0 Å². The Morgan fingerprint density at radius 1 is 1.19 bits per heavy atom. The van der Waals surface area contributed by atoms with E-state index in [1.54, 1.807) is 18.3 Å². The van der Waals surface area contributed by atoms with Crippen LogP contribution in [0, 0.1) is 5.82 Å². The van der Waals surface area contributed by atoms with Gasteiger partial charge in [-0.05, 0) is 72.4 Å². The van der Waals surface area contributed by atoms with Gasteiger partial charge in [0, 0.05) is 30.5 Å². The van der Waals surface area contributed by atoms with E-state index in [2.05, 4.69) is 15.2 Å². The van der Waals surface area contributed by atoms with Gasteiger partial charge in [-0.3, -0.25) is 9.18 Å². The van der Waals surface area contributed by atoms with Crippen LogP contribution in [0.2, 0.25) is 0 Å². The van der Waals surface area contributed by atoms with Gasteiger partial charge in [-0.1, -0.05) is 12.1 Å². The molecule has 0 radical (unpaired) electrons. The molecule has 7 heteroatoms. The molecule has 2 aromatic carbocycles. The summed E-state index contributed by atoms with van der Waals surface area (Å²) in [5.41, 5.74) is 4.38. The lowest BCUT2D eigenvalue weighted by Gasteiger charge is -2.19. The molecule has 0 aliphatic carbocycles. The second-order valence-corrected chi connectivity index (χ2v) is 7.67. The van der Waals surface area contributed by atoms with Crippen LogP contribution in [0.25, 0.3) is 0 Å². The first-order valence-electron chi connectivity index (χ1n) is 10.6. The number of anilines is 2. The van der Waals surface area contributed by atoms with Crippen molar-refractivity contribution < 1.29 is 18.3 Å². The van der Waals surface area contributed by atoms with Crippen LogP contribution in [-0.2, 0) is 12.8 Å². The molecule has 0 fully saturated rings. The maximum Gasteiger partial charge on any atom is 0.251 e. The molecule has 166 valence electrons. The molecule has 1 amide bonds. The summed E-state index contributed by atoms with van der Waals surface area (Å²) in [6.45, 7) is 0.572. The lowest BCUT2D eigenvalue weighted by molar-refractivity contribution is 0.0952. The number of nitrogens with one attached hydrogen (secondary N) is 1. The molecule has 5 nitrogen and oxygen atoms in total. The maximum absolute atomic E-state index is 14.0. The Hall–Kier alpha value is -3.48. The minimum atomic E-state index is -0.452. The number of carbonyl (C=O) groups excluding carboxylic acids is 1. The number of hydrogen-bond donors (Lipinski definition) is 1. The van der Waals surface area contributed by atoms with Crippen LogP contribution in [-0.4, -0.2) is 37.8 Å². The van der Waals surface area contributed by atoms with Crippen LogP contribution in [0.5, 0.6) is 5.75 Å². The van der Waals surface area contributed by atoms with E-state index < -0.39 is 6.67 Å². The van der Waals surface area contributed by atoms with E-state index >= 15 is 0 Å². The second kappa shape index (κ2) is 9.77. The average molecular weight is 437 g/mol. The minimum Gasteiger partial charge on any atom is -0.494 e. The molecule has 3 aromatic rings. The smallest absolute Gasteiger partial charge is 0.251 e. The molecular formula is C25H25F2N3O2. The third-order valence-electron chi connectivity index (χ3n) is 5.58. The average Bonchev–Trinajstić information content (AvgIpc) is 3.24. The number of pyridine rings is 1. The van der Waals surface area contributed by atoms with Gasteiger partial charge in [0.15, 0.2) is 11.6 Å². The summed E-state index contributed by atoms with van der Waals surface area (Å²) in [5.74, 6) is 0.443. The zero-order valence-corrected chi connectivity index (χ0v) is 17.9. The number of rotatable bonds is 8. The van der Waals surface area contributed by atoms with Crippen molar-refractivity contribution in [3.05, 3.63) is 82.8 Å². The number of ether oxygens (including phenoxy) is 1. The van der Waals surface area contributed by atoms with Crippen LogP contribution in [0.1, 0.15) is 33.5 Å². The Morgan fingerprint density at radius 2 is 2.03 bits per heavy atom. The maximum atomic E-state index is 14.0. The van der Waals surface area contributed by atoms with Gasteiger partial charge >= 0.3 is 0 Å². The largest absolute Gasteiger partial charge is 0.494 e. The highest BCUT2D eigenvalue weighted by Gasteiger charge is 2.26. The van der Waals surface area contributed by atoms with Crippen molar-refractivity contribution in [3.8, 4) is 5.75 Å². The van der Waals surface area contributed by atoms with E-state index in [0.717, 1.165) is 34.6 Å². The number of hydrogen-bond acceptors (Lipinski definition) is 4. The SMILES string of the molecule is COc1ccc(Cc2ccnc(N3CCc4c(C(=O)NCCCF)cccc43)c2)cc1F. The Labute approximate surface area is 186 Å². The van der Waals surface area contributed by atoms with Crippen LogP contribution in [0.15, 0.2) is 54.7 Å². The van der Waals surface area contributed by atoms with E-state index in [1.807, 2.05) is 30.3 Å². The quantitative estimate of drug-likeness (QED) is 0.523. The molecule has 2 heterocycles. The second-order valence-electron chi connectivity index (χ2n) is 7.67. The molecule has 4 rings (SSSR count). The summed E-state index contributed by atoms with van der Waals surface area (Å²) in [4.78, 5) is 19.2. The van der Waals surface area contributed by atoms with Gasteiger partial charge in [0.1, 0.15) is 5.82 Å². The predicted molar refractivity (Wildman–Crippen MR) is 120 cm³/mol. The highest BCUT2D eigenvalue weighted by atomic mass is 19.1. The Bertz CT molecular complexity index is 1120. The van der Waals surface area contributed by atoms with E-state index in [9.17, 15) is 13.6 Å². The molecule has 0 unspecified atom stereocenters. The minimum absolute atomic E-state index is 0.180. The highest BCUT2D eigenvalue weighted by Crippen LogP contribution is 2.36. The number of alkyl halides is 1. The molecule has 1 aliphatic heterocycles. The number of halogens is 2. The molecule has 0 bridgehead atoms. The predicted octanol–water partition coefficient (Wildman–Crippen LogP) is 4.60. The van der Waals surface area contributed by atoms with Crippen molar-refractivity contribution in [2.24, 2.45) is 0 Å². The van der Waals surface area contributed by atoms with E-state index in [1.165, 1.54) is 13.2 Å². The van der Waals surface area contributed by atoms with Crippen LogP contribution < -0.4 is 15.0 Å². The number of amides is 1. The summed E-state index contributed by atoms with van der Waals surface area (Å²) in [6, 6.07) is 14.5. The number of aromatic nitrogens is 1. The molecule has 1 aromatic heterocycles. The molecule has 32 heavy (non-hydrogen) atoms. The molecular weight excluding hydrogens is 412 g/mol. The normalized spacial score (nSPS) is 12.5. The van der Waals surface area contributed by atoms with Crippen molar-refractivity contribution in [1.29, 1.82) is 0 Å². The third-order valence-corrected chi connectivity index (χ3v) is 5.58. The molecule has 0 spiro atoms. The Kier molecular flexibility index (Phi) is 6.63. The fraction of sp³-hybridized carbons (Fsp3) is 0.280. The number of nitrogens with zero attached hydrogens (tertiary/aromatic N) is 2. The lowest BCUT2D eigenvalue weighted by atomic mass is 10.0. The molecule has 0 saturated heterocycles. The topological polar surface area (TPSA) is 54.5 Å². The van der Waals surface area contributed by atoms with E-state index in [4.69, 9.17) is 4.74 Å². The number of benzene rings is 2. The zero-order chi connectivity index (χ0) is 22.5. The summed E-state index contributed by atoms with van der Waals surface area (Å²) in [5, 5.41) is 2.78. The van der Waals surface area contributed by atoms with Crippen molar-refractivity contribution in [1.82, 2.24) is 10.3 Å². The van der Waals surface area contributed by atoms with Gasteiger partial charge < -0.3 is 15.0 Å². The number of methoxy groups -OCH3 is 1. The molecule has 1 N–H and O–H groups in total. The zero-order valence-electron chi connectivity index (χ0n) is 17.9. The highest BCUT2D eigenvalue weighted by molar-refractivity contribution is 5.98. The standard InChI is InChI=1S/C25H25F2N3O2/c1-32-23-7-6-17(15-21(23)27)14-18-8-12-28-24(16-18)30-13-9-19-20(4-2-5-22(19)30)25(31)29-11-3-10-26/h2,4-8,12,15-16H,3,9-11,13-14H2,1H3,(H,29,31). The van der Waals surface area contributed by atoms with E-state index in [-0.39, 0.29) is 17.5 Å². The summed E-state index contributed by atoms with van der Waals surface area (Å²) in [6.07, 6.45) is 3.34. The van der Waals surface area contributed by atoms with Gasteiger partial charge in [0.25, 0.3) is 5.91 Å². The number of fused-ring (bicyclic) bond motifs is 1. The lowest BCUT2D eigenvalue weighted by Crippen LogP contribution is -2.25. The molecule has 1 aliphatic rings. The van der Waals surface area contributed by atoms with Crippen LogP contribution in [0.4, 0.5) is 20.3 Å². The van der Waals surface area contributed by atoms with E-state index in [0.29, 0.717) is 31.5 Å². The van der Waals surface area contributed by atoms with Crippen molar-refractivity contribution in [2.75, 3.05) is 31.8 Å². The van der Waals surface area contributed by atoms with Crippen molar-refractivity contribution in [2.45, 2.75) is 19.3 Å². The summed E-state index contributed by atoms with van der Waals surface area (Å²) in [7, 11) is 1.44. The fourth-order valence-corrected chi connectivity index (χ4v) is 4.02. The fourth-order valence-electron chi connectivity index (χ4n) is 4.02. The van der Waals surface area contributed by atoms with Gasteiger partial charge in [-0.15, -0.1) is 0 Å². The summed E-state index contributed by atoms with van der Waals surface area (Å²) < 4.78 is 31.4. The molecule has 0 atom stereocenters. The third kappa shape index (κ3) is 4.56. The molecule has 0 saturated carbocycles. The van der Waals surface area contributed by atoms with Crippen LogP contribution in [0.3, 0.4) is 0 Å². The van der Waals surface area contributed by atoms with Crippen molar-refractivity contribution >= 4 is 17.4 Å². The van der Waals surface area contributed by atoms with Gasteiger partial charge in [0.05, 0.1) is 13.8 Å². The summed E-state index contributed by atoms with van der Waals surface area (Å²) >= 11 is 0. The van der Waals surface area contributed by atoms with Crippen LogP contribution >= 0.6 is 0 Å². The number of carbonyl (C=O) groups is 1. The first-order chi connectivity index (χ1) is 15.6.